The minimum Gasteiger partial charge on any atom is -0.380 e. The molecule has 1 unspecified atom stereocenters. The van der Waals surface area contributed by atoms with Crippen LogP contribution in [0.5, 0.6) is 0 Å². The third-order valence-electron chi connectivity index (χ3n) is 2.55. The number of nitrogens with one attached hydrogen (secondary N) is 1. The number of hydrogen-bond donors (Lipinski definition) is 1. The Labute approximate surface area is 89.4 Å². The molecule has 0 rings (SSSR count). The van der Waals surface area contributed by atoms with Gasteiger partial charge in [0.1, 0.15) is 0 Å². The first-order chi connectivity index (χ1) is 6.54. The molecule has 1 N–H and O–H groups in total. The molecular weight excluding hydrogens is 174 g/mol. The molecule has 0 fully saturated rings. The molecule has 2 nitrogen and oxygen atoms in total. The van der Waals surface area contributed by atoms with Crippen LogP contribution in [0.1, 0.15) is 41.0 Å². The van der Waals surface area contributed by atoms with Crippen molar-refractivity contribution in [3.63, 3.8) is 0 Å². The molecule has 0 aromatic heterocycles. The van der Waals surface area contributed by atoms with Crippen molar-refractivity contribution >= 4 is 0 Å². The monoisotopic (exact) mass is 201 g/mol. The molecule has 0 radical (unpaired) electrons. The number of hydrogen-bond acceptors (Lipinski definition) is 2. The molecule has 1 atom stereocenters. The highest BCUT2D eigenvalue weighted by molar-refractivity contribution is 4.63. The molecule has 2 heteroatoms. The van der Waals surface area contributed by atoms with E-state index in [-0.39, 0.29) is 0 Å². The second-order valence-corrected chi connectivity index (χ2v) is 4.78. The minimum absolute atomic E-state index is 0.587. The zero-order chi connectivity index (χ0) is 11.0. The van der Waals surface area contributed by atoms with Gasteiger partial charge in [0.15, 0.2) is 0 Å². The van der Waals surface area contributed by atoms with Gasteiger partial charge in [-0.2, -0.15) is 0 Å². The van der Waals surface area contributed by atoms with Gasteiger partial charge in [-0.3, -0.25) is 0 Å². The summed E-state index contributed by atoms with van der Waals surface area (Å²) < 4.78 is 5.51. The largest absolute Gasteiger partial charge is 0.380 e. The normalized spacial score (nSPS) is 13.9. The molecule has 0 saturated carbocycles. The Bertz CT molecular complexity index is 123. The molecule has 0 amide bonds. The van der Waals surface area contributed by atoms with Crippen LogP contribution in [0.4, 0.5) is 0 Å². The van der Waals surface area contributed by atoms with Crippen molar-refractivity contribution in [1.82, 2.24) is 5.32 Å². The Morgan fingerprint density at radius 3 is 2.14 bits per heavy atom. The summed E-state index contributed by atoms with van der Waals surface area (Å²) in [5.41, 5.74) is 0. The first kappa shape index (κ1) is 13.9. The van der Waals surface area contributed by atoms with Crippen LogP contribution in [-0.4, -0.2) is 25.8 Å². The summed E-state index contributed by atoms with van der Waals surface area (Å²) in [6, 6.07) is 0.587. The lowest BCUT2D eigenvalue weighted by atomic mass is 10.1. The Balaban J connectivity index is 3.13. The van der Waals surface area contributed by atoms with E-state index in [0.717, 1.165) is 25.7 Å². The second kappa shape index (κ2) is 8.25. The summed E-state index contributed by atoms with van der Waals surface area (Å²) in [6.07, 6.45) is 1.17. The Morgan fingerprint density at radius 1 is 1.00 bits per heavy atom. The van der Waals surface area contributed by atoms with Crippen molar-refractivity contribution < 1.29 is 4.74 Å². The van der Waals surface area contributed by atoms with Gasteiger partial charge in [0, 0.05) is 19.2 Å². The average Bonchev–Trinajstić information content (AvgIpc) is 2.09. The molecule has 14 heavy (non-hydrogen) atoms. The lowest BCUT2D eigenvalue weighted by molar-refractivity contribution is 0.122. The van der Waals surface area contributed by atoms with Crippen LogP contribution < -0.4 is 5.32 Å². The third kappa shape index (κ3) is 8.52. The highest BCUT2D eigenvalue weighted by Gasteiger charge is 2.04. The molecular formula is C12H27NO. The fourth-order valence-electron chi connectivity index (χ4n) is 1.02. The van der Waals surface area contributed by atoms with Crippen LogP contribution in [0.2, 0.25) is 0 Å². The summed E-state index contributed by atoms with van der Waals surface area (Å²) in [6.45, 7) is 13.8. The van der Waals surface area contributed by atoms with Gasteiger partial charge in [-0.15, -0.1) is 0 Å². The second-order valence-electron chi connectivity index (χ2n) is 4.78. The Hall–Kier alpha value is -0.0800. The van der Waals surface area contributed by atoms with Crippen molar-refractivity contribution in [2.24, 2.45) is 11.8 Å². The zero-order valence-corrected chi connectivity index (χ0v) is 10.5. The van der Waals surface area contributed by atoms with Gasteiger partial charge in [-0.05, 0) is 25.2 Å². The van der Waals surface area contributed by atoms with Crippen LogP contribution in [0, 0.1) is 11.8 Å². The van der Waals surface area contributed by atoms with Crippen molar-refractivity contribution in [3.05, 3.63) is 0 Å². The van der Waals surface area contributed by atoms with E-state index in [1.807, 2.05) is 0 Å². The van der Waals surface area contributed by atoms with E-state index in [2.05, 4.69) is 39.9 Å². The predicted molar refractivity (Wildman–Crippen MR) is 62.6 cm³/mol. The minimum atomic E-state index is 0.587. The number of rotatable bonds is 8. The van der Waals surface area contributed by atoms with Crippen molar-refractivity contribution in [3.8, 4) is 0 Å². The Kier molecular flexibility index (Phi) is 8.20. The molecule has 0 aliphatic heterocycles. The summed E-state index contributed by atoms with van der Waals surface area (Å²) in [7, 11) is 0. The van der Waals surface area contributed by atoms with Crippen molar-refractivity contribution in [2.45, 2.75) is 47.1 Å². The first-order valence-electron chi connectivity index (χ1n) is 5.85. The van der Waals surface area contributed by atoms with Crippen LogP contribution in [0.25, 0.3) is 0 Å². The van der Waals surface area contributed by atoms with Gasteiger partial charge < -0.3 is 10.1 Å². The molecule has 0 saturated heterocycles. The smallest absolute Gasteiger partial charge is 0.0591 e. The molecule has 0 spiro atoms. The van der Waals surface area contributed by atoms with Crippen LogP contribution in [-0.2, 0) is 4.74 Å². The predicted octanol–water partition coefficient (Wildman–Crippen LogP) is 2.68. The van der Waals surface area contributed by atoms with E-state index in [4.69, 9.17) is 4.74 Å². The van der Waals surface area contributed by atoms with E-state index < -0.39 is 0 Å². The molecule has 0 aromatic rings. The molecule has 0 heterocycles. The van der Waals surface area contributed by atoms with E-state index >= 15 is 0 Å². The summed E-state index contributed by atoms with van der Waals surface area (Å²) in [5, 5.41) is 3.45. The highest BCUT2D eigenvalue weighted by atomic mass is 16.5. The van der Waals surface area contributed by atoms with Crippen molar-refractivity contribution in [1.29, 1.82) is 0 Å². The summed E-state index contributed by atoms with van der Waals surface area (Å²) >= 11 is 0. The van der Waals surface area contributed by atoms with Gasteiger partial charge in [0.05, 0.1) is 6.61 Å². The van der Waals surface area contributed by atoms with E-state index in [9.17, 15) is 0 Å². The maximum Gasteiger partial charge on any atom is 0.0591 e. The first-order valence-corrected chi connectivity index (χ1v) is 5.85. The quantitative estimate of drug-likeness (QED) is 0.610. The molecule has 86 valence electrons. The molecule has 0 aromatic carbocycles. The summed E-state index contributed by atoms with van der Waals surface area (Å²) in [4.78, 5) is 0. The molecule has 0 aliphatic carbocycles. The highest BCUT2D eigenvalue weighted by Crippen LogP contribution is 2.00. The van der Waals surface area contributed by atoms with Gasteiger partial charge >= 0.3 is 0 Å². The van der Waals surface area contributed by atoms with Crippen LogP contribution >= 0.6 is 0 Å². The van der Waals surface area contributed by atoms with Gasteiger partial charge in [-0.25, -0.2) is 0 Å². The SMILES string of the molecule is CC(C)CCOCCNC(C)C(C)C. The fraction of sp³-hybridized carbons (Fsp3) is 1.00. The third-order valence-corrected chi connectivity index (χ3v) is 2.55. The lowest BCUT2D eigenvalue weighted by Gasteiger charge is -2.17. The van der Waals surface area contributed by atoms with Crippen LogP contribution in [0.3, 0.4) is 0 Å². The standard InChI is InChI=1S/C12H27NO/c1-10(2)6-8-14-9-7-13-12(5)11(3)4/h10-13H,6-9H2,1-5H3. The van der Waals surface area contributed by atoms with Crippen LogP contribution in [0.15, 0.2) is 0 Å². The molecule has 0 bridgehead atoms. The average molecular weight is 201 g/mol. The lowest BCUT2D eigenvalue weighted by Crippen LogP contribution is -2.33. The van der Waals surface area contributed by atoms with Gasteiger partial charge in [-0.1, -0.05) is 27.7 Å². The maximum atomic E-state index is 5.51. The van der Waals surface area contributed by atoms with E-state index in [1.165, 1.54) is 6.42 Å². The van der Waals surface area contributed by atoms with Gasteiger partial charge in [0.2, 0.25) is 0 Å². The Morgan fingerprint density at radius 2 is 1.64 bits per heavy atom. The van der Waals surface area contributed by atoms with E-state index in [1.54, 1.807) is 0 Å². The van der Waals surface area contributed by atoms with Gasteiger partial charge in [0.25, 0.3) is 0 Å². The summed E-state index contributed by atoms with van der Waals surface area (Å²) in [5.74, 6) is 1.45. The van der Waals surface area contributed by atoms with Crippen molar-refractivity contribution in [2.75, 3.05) is 19.8 Å². The molecule has 0 aliphatic rings. The topological polar surface area (TPSA) is 21.3 Å². The van der Waals surface area contributed by atoms with E-state index in [0.29, 0.717) is 12.0 Å². The fourth-order valence-corrected chi connectivity index (χ4v) is 1.02. The number of ether oxygens (including phenoxy) is 1. The maximum absolute atomic E-state index is 5.51. The zero-order valence-electron chi connectivity index (χ0n) is 10.5.